The molecule has 0 aromatic heterocycles. The van der Waals surface area contributed by atoms with Gasteiger partial charge in [0, 0.05) is 46.9 Å². The second-order valence-corrected chi connectivity index (χ2v) is 10.5. The number of rotatable bonds is 2. The first-order chi connectivity index (χ1) is 20.0. The van der Waals surface area contributed by atoms with Gasteiger partial charge in [-0.2, -0.15) is 0 Å². The summed E-state index contributed by atoms with van der Waals surface area (Å²) in [4.78, 5) is 0. The van der Waals surface area contributed by atoms with E-state index >= 15 is 0 Å². The third-order valence-corrected chi connectivity index (χ3v) is 8.03. The summed E-state index contributed by atoms with van der Waals surface area (Å²) in [6.45, 7) is 0. The second kappa shape index (κ2) is 8.65. The molecule has 9 N–H and O–H groups in total. The van der Waals surface area contributed by atoms with Crippen LogP contribution >= 0.6 is 0 Å². The van der Waals surface area contributed by atoms with E-state index in [1.165, 1.54) is 42.5 Å². The molecule has 12 heteroatoms. The topological polar surface area (TPSA) is 210 Å². The monoisotopic (exact) mass is 576 g/mol. The highest BCUT2D eigenvalue weighted by Crippen LogP contribution is 2.62. The molecule has 3 aliphatic heterocycles. The highest BCUT2D eigenvalue weighted by Gasteiger charge is 2.60. The number of aromatic hydroxyl groups is 7. The molecular formula is C30H24O12. The van der Waals surface area contributed by atoms with Crippen molar-refractivity contribution in [3.05, 3.63) is 82.4 Å². The Labute approximate surface area is 236 Å². The third-order valence-electron chi connectivity index (χ3n) is 8.03. The number of aliphatic hydroxyl groups is 2. The lowest BCUT2D eigenvalue weighted by Crippen LogP contribution is -2.57. The predicted octanol–water partition coefficient (Wildman–Crippen LogP) is 2.79. The Hall–Kier alpha value is -5.20. The fraction of sp³-hybridized carbons (Fsp3) is 0.200. The van der Waals surface area contributed by atoms with Crippen LogP contribution in [0.5, 0.6) is 57.5 Å². The average Bonchev–Trinajstić information content (AvgIpc) is 2.92. The Morgan fingerprint density at radius 3 is 2.00 bits per heavy atom. The second-order valence-electron chi connectivity index (χ2n) is 10.5. The van der Waals surface area contributed by atoms with Crippen molar-refractivity contribution in [1.82, 2.24) is 0 Å². The molecule has 0 spiro atoms. The summed E-state index contributed by atoms with van der Waals surface area (Å²) >= 11 is 0. The lowest BCUT2D eigenvalue weighted by molar-refractivity contribution is -0.219. The molecule has 42 heavy (non-hydrogen) atoms. The van der Waals surface area contributed by atoms with Gasteiger partial charge < -0.3 is 60.2 Å². The molecular weight excluding hydrogens is 552 g/mol. The van der Waals surface area contributed by atoms with Crippen molar-refractivity contribution in [1.29, 1.82) is 0 Å². The Morgan fingerprint density at radius 1 is 0.643 bits per heavy atom. The highest BCUT2D eigenvalue weighted by atomic mass is 16.7. The Bertz CT molecular complexity index is 1790. The molecule has 5 atom stereocenters. The zero-order valence-electron chi connectivity index (χ0n) is 21.5. The van der Waals surface area contributed by atoms with Crippen molar-refractivity contribution in [3.8, 4) is 57.5 Å². The van der Waals surface area contributed by atoms with Gasteiger partial charge in [-0.1, -0.05) is 6.07 Å². The molecule has 0 saturated heterocycles. The van der Waals surface area contributed by atoms with E-state index in [0.29, 0.717) is 5.56 Å². The summed E-state index contributed by atoms with van der Waals surface area (Å²) in [7, 11) is 0. The Morgan fingerprint density at radius 2 is 1.31 bits per heavy atom. The lowest BCUT2D eigenvalue weighted by atomic mass is 9.74. The molecule has 2 bridgehead atoms. The fourth-order valence-corrected chi connectivity index (χ4v) is 6.09. The zero-order valence-corrected chi connectivity index (χ0v) is 21.5. The van der Waals surface area contributed by atoms with Crippen molar-refractivity contribution < 1.29 is 60.2 Å². The van der Waals surface area contributed by atoms with Gasteiger partial charge in [-0.3, -0.25) is 0 Å². The van der Waals surface area contributed by atoms with Crippen LogP contribution in [0.4, 0.5) is 0 Å². The van der Waals surface area contributed by atoms with Crippen LogP contribution in [0.1, 0.15) is 39.8 Å². The fourth-order valence-electron chi connectivity index (χ4n) is 6.09. The molecule has 0 saturated carbocycles. The summed E-state index contributed by atoms with van der Waals surface area (Å²) in [6.07, 6.45) is -4.00. The number of fused-ring (bicyclic) bond motifs is 8. The zero-order chi connectivity index (χ0) is 29.7. The molecule has 4 unspecified atom stereocenters. The number of phenols is 7. The standard InChI is InChI=1S/C30H24O12/c31-13-7-20(37)24-22(8-13)41-30(12-2-4-16(33)19(36)6-12)29(39)26(24)25-23(42-30)10-17(34)14-9-21(38)27(40-28(14)25)11-1-3-15(32)18(35)5-11/h1-8,10,21,26-27,29,31-39H,9H2/t21?,26?,27?,29?,30-/m0/s1. The van der Waals surface area contributed by atoms with Crippen LogP contribution in [0.25, 0.3) is 0 Å². The molecule has 4 aromatic carbocycles. The van der Waals surface area contributed by atoms with E-state index in [-0.39, 0.29) is 63.2 Å². The molecule has 7 rings (SSSR count). The van der Waals surface area contributed by atoms with Crippen LogP contribution in [-0.2, 0) is 12.2 Å². The highest BCUT2D eigenvalue weighted by molar-refractivity contribution is 5.68. The Balaban J connectivity index is 1.47. The van der Waals surface area contributed by atoms with Gasteiger partial charge in [0.2, 0.25) is 0 Å². The van der Waals surface area contributed by atoms with Crippen molar-refractivity contribution >= 4 is 0 Å². The SMILES string of the molecule is Oc1cc(O)c2c(c1)O[C@@]1(c3ccc(O)c(O)c3)Oc3cc(O)c4c(c3C2C1O)OC(c1ccc(O)c(O)c1)C(O)C4. The normalized spacial score (nSPS) is 25.2. The van der Waals surface area contributed by atoms with Crippen LogP contribution in [0.15, 0.2) is 54.6 Å². The molecule has 0 fully saturated rings. The van der Waals surface area contributed by atoms with Crippen LogP contribution in [0.3, 0.4) is 0 Å². The van der Waals surface area contributed by atoms with Gasteiger partial charge in [0.25, 0.3) is 0 Å². The first-order valence-electron chi connectivity index (χ1n) is 12.9. The maximum absolute atomic E-state index is 11.9. The van der Waals surface area contributed by atoms with Gasteiger partial charge in [-0.05, 0) is 35.9 Å². The smallest absolute Gasteiger partial charge is 0.305 e. The number of aliphatic hydroxyl groups excluding tert-OH is 2. The van der Waals surface area contributed by atoms with Crippen molar-refractivity contribution in [3.63, 3.8) is 0 Å². The molecule has 3 heterocycles. The number of hydrogen-bond donors (Lipinski definition) is 9. The van der Waals surface area contributed by atoms with Gasteiger partial charge in [0.05, 0.1) is 12.0 Å². The minimum Gasteiger partial charge on any atom is -0.508 e. The minimum atomic E-state index is -2.09. The van der Waals surface area contributed by atoms with E-state index in [1.54, 1.807) is 0 Å². The van der Waals surface area contributed by atoms with E-state index in [1.807, 2.05) is 0 Å². The maximum atomic E-state index is 11.9. The van der Waals surface area contributed by atoms with Gasteiger partial charge in [-0.15, -0.1) is 0 Å². The van der Waals surface area contributed by atoms with E-state index in [2.05, 4.69) is 0 Å². The Kier molecular flexibility index (Phi) is 5.30. The first kappa shape index (κ1) is 25.7. The summed E-state index contributed by atoms with van der Waals surface area (Å²) in [5.74, 6) is -6.11. The van der Waals surface area contributed by atoms with Crippen molar-refractivity contribution in [2.45, 2.75) is 36.4 Å². The molecule has 0 aliphatic carbocycles. The van der Waals surface area contributed by atoms with Crippen LogP contribution < -0.4 is 14.2 Å². The van der Waals surface area contributed by atoms with Gasteiger partial charge in [0.15, 0.2) is 23.0 Å². The van der Waals surface area contributed by atoms with E-state index in [4.69, 9.17) is 14.2 Å². The maximum Gasteiger partial charge on any atom is 0.305 e. The third kappa shape index (κ3) is 3.49. The summed E-state index contributed by atoms with van der Waals surface area (Å²) < 4.78 is 18.6. The first-order valence-corrected chi connectivity index (χ1v) is 12.9. The summed E-state index contributed by atoms with van der Waals surface area (Å²) in [5, 5.41) is 95.1. The van der Waals surface area contributed by atoms with Gasteiger partial charge >= 0.3 is 5.79 Å². The van der Waals surface area contributed by atoms with Crippen molar-refractivity contribution in [2.75, 3.05) is 0 Å². The quantitative estimate of drug-likeness (QED) is 0.158. The van der Waals surface area contributed by atoms with Crippen LogP contribution in [0, 0.1) is 0 Å². The molecule has 3 aliphatic rings. The van der Waals surface area contributed by atoms with E-state index < -0.39 is 53.0 Å². The van der Waals surface area contributed by atoms with E-state index in [9.17, 15) is 46.0 Å². The molecule has 0 radical (unpaired) electrons. The van der Waals surface area contributed by atoms with Gasteiger partial charge in [0.1, 0.15) is 46.7 Å². The predicted molar refractivity (Wildman–Crippen MR) is 141 cm³/mol. The molecule has 12 nitrogen and oxygen atoms in total. The number of ether oxygens (including phenoxy) is 3. The summed E-state index contributed by atoms with van der Waals surface area (Å²) in [6, 6.07) is 11.1. The number of hydrogen-bond acceptors (Lipinski definition) is 12. The summed E-state index contributed by atoms with van der Waals surface area (Å²) in [5.41, 5.74) is 0.842. The molecule has 216 valence electrons. The number of phenolic OH excluding ortho intramolecular Hbond substituents is 7. The van der Waals surface area contributed by atoms with Crippen LogP contribution in [-0.4, -0.2) is 58.2 Å². The van der Waals surface area contributed by atoms with E-state index in [0.717, 1.165) is 12.1 Å². The minimum absolute atomic E-state index is 0.0177. The van der Waals surface area contributed by atoms with Gasteiger partial charge in [-0.25, -0.2) is 0 Å². The largest absolute Gasteiger partial charge is 0.508 e. The molecule has 0 amide bonds. The number of benzene rings is 4. The van der Waals surface area contributed by atoms with Crippen LogP contribution in [0.2, 0.25) is 0 Å². The molecule has 4 aromatic rings. The van der Waals surface area contributed by atoms with Crippen molar-refractivity contribution in [2.24, 2.45) is 0 Å². The lowest BCUT2D eigenvalue weighted by Gasteiger charge is -2.50. The average molecular weight is 577 g/mol.